The van der Waals surface area contributed by atoms with Crippen LogP contribution >= 0.6 is 11.6 Å². The second kappa shape index (κ2) is 4.69. The summed E-state index contributed by atoms with van der Waals surface area (Å²) in [7, 11) is 0. The standard InChI is InChI=1S/C12H19ClN4/c1-4-14-11-15-8-9(13)10(16-11)17-7-5-6-12(17,2)3/h8H,4-7H2,1-3H3,(H,14,15,16). The van der Waals surface area contributed by atoms with Crippen LogP contribution in [0.2, 0.25) is 5.02 Å². The summed E-state index contributed by atoms with van der Waals surface area (Å²) < 4.78 is 0. The molecule has 1 aliphatic rings. The summed E-state index contributed by atoms with van der Waals surface area (Å²) in [4.78, 5) is 11.0. The van der Waals surface area contributed by atoms with E-state index in [1.807, 2.05) is 6.92 Å². The van der Waals surface area contributed by atoms with Crippen molar-refractivity contribution in [1.82, 2.24) is 9.97 Å². The summed E-state index contributed by atoms with van der Waals surface area (Å²) in [5.41, 5.74) is 0.126. The number of nitrogens with one attached hydrogen (secondary N) is 1. The number of rotatable bonds is 3. The van der Waals surface area contributed by atoms with Gasteiger partial charge in [-0.2, -0.15) is 4.98 Å². The van der Waals surface area contributed by atoms with Gasteiger partial charge in [0.05, 0.1) is 6.20 Å². The van der Waals surface area contributed by atoms with E-state index < -0.39 is 0 Å². The van der Waals surface area contributed by atoms with Crippen LogP contribution in [-0.4, -0.2) is 28.6 Å². The van der Waals surface area contributed by atoms with Crippen molar-refractivity contribution < 1.29 is 0 Å². The van der Waals surface area contributed by atoms with E-state index in [-0.39, 0.29) is 5.54 Å². The fourth-order valence-corrected chi connectivity index (χ4v) is 2.48. The second-order valence-corrected chi connectivity index (χ2v) is 5.37. The lowest BCUT2D eigenvalue weighted by Crippen LogP contribution is -2.39. The Hall–Kier alpha value is -1.03. The van der Waals surface area contributed by atoms with Crippen LogP contribution < -0.4 is 10.2 Å². The molecule has 1 N–H and O–H groups in total. The fraction of sp³-hybridized carbons (Fsp3) is 0.667. The number of nitrogens with zero attached hydrogens (tertiary/aromatic N) is 3. The molecular weight excluding hydrogens is 236 g/mol. The van der Waals surface area contributed by atoms with Crippen molar-refractivity contribution in [2.45, 2.75) is 39.2 Å². The highest BCUT2D eigenvalue weighted by Gasteiger charge is 2.34. The first-order valence-corrected chi connectivity index (χ1v) is 6.46. The molecule has 1 aromatic rings. The van der Waals surface area contributed by atoms with Crippen molar-refractivity contribution >= 4 is 23.4 Å². The lowest BCUT2D eigenvalue weighted by atomic mass is 10.0. The largest absolute Gasteiger partial charge is 0.354 e. The molecule has 0 spiro atoms. The molecule has 0 aromatic carbocycles. The zero-order valence-electron chi connectivity index (χ0n) is 10.6. The molecule has 0 radical (unpaired) electrons. The highest BCUT2D eigenvalue weighted by atomic mass is 35.5. The Morgan fingerprint density at radius 1 is 1.53 bits per heavy atom. The Kier molecular flexibility index (Phi) is 3.43. The zero-order valence-corrected chi connectivity index (χ0v) is 11.4. The number of hydrogen-bond acceptors (Lipinski definition) is 4. The maximum Gasteiger partial charge on any atom is 0.224 e. The molecule has 1 aromatic heterocycles. The van der Waals surface area contributed by atoms with Gasteiger partial charge in [-0.3, -0.25) is 0 Å². The molecule has 5 heteroatoms. The van der Waals surface area contributed by atoms with Crippen LogP contribution in [0.3, 0.4) is 0 Å². The summed E-state index contributed by atoms with van der Waals surface area (Å²) in [6.07, 6.45) is 4.03. The molecule has 0 unspecified atom stereocenters. The summed E-state index contributed by atoms with van der Waals surface area (Å²) in [5, 5.41) is 3.74. The summed E-state index contributed by atoms with van der Waals surface area (Å²) in [5.74, 6) is 1.50. The van der Waals surface area contributed by atoms with Gasteiger partial charge in [0.2, 0.25) is 5.95 Å². The van der Waals surface area contributed by atoms with Crippen LogP contribution in [0.1, 0.15) is 33.6 Å². The second-order valence-electron chi connectivity index (χ2n) is 4.96. The Labute approximate surface area is 107 Å². The molecule has 0 aliphatic carbocycles. The minimum absolute atomic E-state index is 0.126. The van der Waals surface area contributed by atoms with Gasteiger partial charge < -0.3 is 10.2 Å². The SMILES string of the molecule is CCNc1ncc(Cl)c(N2CCCC2(C)C)n1. The molecule has 1 fully saturated rings. The van der Waals surface area contributed by atoms with Crippen LogP contribution in [0.15, 0.2) is 6.20 Å². The number of anilines is 2. The first-order chi connectivity index (χ1) is 8.04. The molecule has 0 atom stereocenters. The molecule has 0 amide bonds. The maximum absolute atomic E-state index is 6.21. The van der Waals surface area contributed by atoms with E-state index in [0.29, 0.717) is 11.0 Å². The average Bonchev–Trinajstić information content (AvgIpc) is 2.61. The first-order valence-electron chi connectivity index (χ1n) is 6.08. The van der Waals surface area contributed by atoms with Crippen molar-refractivity contribution in [2.24, 2.45) is 0 Å². The minimum atomic E-state index is 0.126. The van der Waals surface area contributed by atoms with Gasteiger partial charge in [0.15, 0.2) is 5.82 Å². The Balaban J connectivity index is 2.33. The maximum atomic E-state index is 6.21. The Morgan fingerprint density at radius 3 is 2.88 bits per heavy atom. The topological polar surface area (TPSA) is 41.1 Å². The van der Waals surface area contributed by atoms with Crippen molar-refractivity contribution in [3.05, 3.63) is 11.2 Å². The van der Waals surface area contributed by atoms with Crippen molar-refractivity contribution in [1.29, 1.82) is 0 Å². The molecule has 4 nitrogen and oxygen atoms in total. The van der Waals surface area contributed by atoms with E-state index in [9.17, 15) is 0 Å². The van der Waals surface area contributed by atoms with E-state index in [4.69, 9.17) is 11.6 Å². The highest BCUT2D eigenvalue weighted by molar-refractivity contribution is 6.32. The van der Waals surface area contributed by atoms with Gasteiger partial charge in [0, 0.05) is 18.6 Å². The molecule has 94 valence electrons. The minimum Gasteiger partial charge on any atom is -0.354 e. The molecule has 2 rings (SSSR count). The van der Waals surface area contributed by atoms with Crippen LogP contribution in [0, 0.1) is 0 Å². The smallest absolute Gasteiger partial charge is 0.224 e. The molecule has 1 aliphatic heterocycles. The van der Waals surface area contributed by atoms with Gasteiger partial charge in [-0.15, -0.1) is 0 Å². The van der Waals surface area contributed by atoms with Crippen LogP contribution in [-0.2, 0) is 0 Å². The predicted octanol–water partition coefficient (Wildman–Crippen LogP) is 2.94. The number of hydrogen-bond donors (Lipinski definition) is 1. The molecule has 0 bridgehead atoms. The third kappa shape index (κ3) is 2.46. The zero-order chi connectivity index (χ0) is 12.5. The highest BCUT2D eigenvalue weighted by Crippen LogP contribution is 2.36. The summed E-state index contributed by atoms with van der Waals surface area (Å²) >= 11 is 6.21. The predicted molar refractivity (Wildman–Crippen MR) is 71.9 cm³/mol. The van der Waals surface area contributed by atoms with E-state index in [2.05, 4.69) is 34.0 Å². The third-order valence-electron chi connectivity index (χ3n) is 3.22. The fourth-order valence-electron chi connectivity index (χ4n) is 2.29. The molecule has 17 heavy (non-hydrogen) atoms. The lowest BCUT2D eigenvalue weighted by Gasteiger charge is -2.33. The number of aromatic nitrogens is 2. The Bertz CT molecular complexity index is 405. The number of halogens is 1. The van der Waals surface area contributed by atoms with Crippen molar-refractivity contribution in [3.8, 4) is 0 Å². The molecule has 2 heterocycles. The van der Waals surface area contributed by atoms with E-state index in [1.165, 1.54) is 12.8 Å². The Morgan fingerprint density at radius 2 is 2.29 bits per heavy atom. The van der Waals surface area contributed by atoms with Gasteiger partial charge in [-0.05, 0) is 33.6 Å². The van der Waals surface area contributed by atoms with Gasteiger partial charge in [-0.25, -0.2) is 4.98 Å². The van der Waals surface area contributed by atoms with E-state index in [0.717, 1.165) is 18.9 Å². The van der Waals surface area contributed by atoms with Gasteiger partial charge in [0.1, 0.15) is 5.02 Å². The van der Waals surface area contributed by atoms with E-state index >= 15 is 0 Å². The summed E-state index contributed by atoms with van der Waals surface area (Å²) in [6.45, 7) is 8.30. The summed E-state index contributed by atoms with van der Waals surface area (Å²) in [6, 6.07) is 0. The average molecular weight is 255 g/mol. The van der Waals surface area contributed by atoms with Gasteiger partial charge in [0.25, 0.3) is 0 Å². The normalized spacial score (nSPS) is 18.5. The van der Waals surface area contributed by atoms with E-state index in [1.54, 1.807) is 6.20 Å². The monoisotopic (exact) mass is 254 g/mol. The first kappa shape index (κ1) is 12.4. The van der Waals surface area contributed by atoms with Crippen LogP contribution in [0.4, 0.5) is 11.8 Å². The third-order valence-corrected chi connectivity index (χ3v) is 3.48. The molecule has 1 saturated heterocycles. The van der Waals surface area contributed by atoms with Crippen molar-refractivity contribution in [2.75, 3.05) is 23.3 Å². The van der Waals surface area contributed by atoms with Crippen LogP contribution in [0.5, 0.6) is 0 Å². The van der Waals surface area contributed by atoms with Gasteiger partial charge >= 0.3 is 0 Å². The van der Waals surface area contributed by atoms with Gasteiger partial charge in [-0.1, -0.05) is 11.6 Å². The van der Waals surface area contributed by atoms with Crippen LogP contribution in [0.25, 0.3) is 0 Å². The molecule has 0 saturated carbocycles. The molecular formula is C12H19ClN4. The lowest BCUT2D eigenvalue weighted by molar-refractivity contribution is 0.514. The van der Waals surface area contributed by atoms with Crippen molar-refractivity contribution in [3.63, 3.8) is 0 Å². The quantitative estimate of drug-likeness (QED) is 0.901.